The topological polar surface area (TPSA) is 61.7 Å². The van der Waals surface area contributed by atoms with Gasteiger partial charge in [0.25, 0.3) is 0 Å². The van der Waals surface area contributed by atoms with Crippen molar-refractivity contribution in [3.8, 4) is 5.69 Å². The molecule has 0 N–H and O–H groups in total. The highest BCUT2D eigenvalue weighted by Crippen LogP contribution is 2.26. The number of amides is 2. The summed E-state index contributed by atoms with van der Waals surface area (Å²) >= 11 is 3.53. The fraction of sp³-hybridized carbons (Fsp3) is 0.423. The van der Waals surface area contributed by atoms with E-state index in [4.69, 9.17) is 4.98 Å². The molecule has 2 aliphatic heterocycles. The van der Waals surface area contributed by atoms with Gasteiger partial charge in [0.05, 0.1) is 17.6 Å². The minimum Gasteiger partial charge on any atom is -0.339 e. The lowest BCUT2D eigenvalue weighted by Crippen LogP contribution is -2.52. The van der Waals surface area contributed by atoms with Gasteiger partial charge in [0.2, 0.25) is 11.8 Å². The van der Waals surface area contributed by atoms with Crippen LogP contribution < -0.4 is 0 Å². The van der Waals surface area contributed by atoms with Gasteiger partial charge in [-0.05, 0) is 62.3 Å². The van der Waals surface area contributed by atoms with Crippen molar-refractivity contribution in [1.82, 2.24) is 24.3 Å². The molecule has 0 radical (unpaired) electrons. The van der Waals surface area contributed by atoms with Crippen molar-refractivity contribution < 1.29 is 9.59 Å². The lowest BCUT2D eigenvalue weighted by atomic mass is 9.95. The molecule has 1 aromatic heterocycles. The molecule has 2 fully saturated rings. The Labute approximate surface area is 208 Å². The van der Waals surface area contributed by atoms with Crippen molar-refractivity contribution in [2.75, 3.05) is 39.3 Å². The van der Waals surface area contributed by atoms with Gasteiger partial charge in [0.15, 0.2) is 0 Å². The number of hydrogen-bond donors (Lipinski definition) is 0. The number of aromatic nitrogens is 2. The molecular formula is C26H30BrN5O2. The third-order valence-electron chi connectivity index (χ3n) is 7.05. The van der Waals surface area contributed by atoms with E-state index in [1.807, 2.05) is 15.9 Å². The van der Waals surface area contributed by atoms with Gasteiger partial charge in [-0.25, -0.2) is 4.98 Å². The average Bonchev–Trinajstić information content (AvgIpc) is 3.22. The number of rotatable bonds is 4. The van der Waals surface area contributed by atoms with E-state index in [0.29, 0.717) is 26.2 Å². The summed E-state index contributed by atoms with van der Waals surface area (Å²) in [5, 5.41) is 0. The molecular weight excluding hydrogens is 494 g/mol. The van der Waals surface area contributed by atoms with Crippen molar-refractivity contribution in [3.05, 3.63) is 58.8 Å². The maximum absolute atomic E-state index is 13.1. The zero-order valence-corrected chi connectivity index (χ0v) is 21.1. The molecule has 8 heteroatoms. The number of piperazine rings is 1. The minimum atomic E-state index is 0.0745. The number of carbonyl (C=O) groups excluding carboxylic acids is 2. The maximum Gasteiger partial charge on any atom is 0.225 e. The number of imidazole rings is 1. The first-order valence-electron chi connectivity index (χ1n) is 12.0. The number of likely N-dealkylation sites (tertiary alicyclic amines) is 1. The van der Waals surface area contributed by atoms with Crippen LogP contribution in [0.5, 0.6) is 0 Å². The zero-order chi connectivity index (χ0) is 23.7. The molecule has 3 heterocycles. The van der Waals surface area contributed by atoms with Gasteiger partial charge in [-0.1, -0.05) is 28.1 Å². The molecule has 5 rings (SSSR count). The highest BCUT2D eigenvalue weighted by atomic mass is 79.9. The van der Waals surface area contributed by atoms with Gasteiger partial charge in [-0.3, -0.25) is 19.1 Å². The van der Waals surface area contributed by atoms with Crippen molar-refractivity contribution >= 4 is 38.8 Å². The molecule has 178 valence electrons. The first-order chi connectivity index (χ1) is 16.5. The number of piperidine rings is 1. The third-order valence-corrected chi connectivity index (χ3v) is 7.58. The molecule has 2 aromatic carbocycles. The normalized spacial score (nSPS) is 17.9. The minimum absolute atomic E-state index is 0.0745. The Balaban J connectivity index is 1.25. The molecule has 2 saturated heterocycles. The molecule has 0 aliphatic carbocycles. The van der Waals surface area contributed by atoms with Crippen LogP contribution in [0.1, 0.15) is 25.6 Å². The van der Waals surface area contributed by atoms with Crippen LogP contribution in [0, 0.1) is 5.92 Å². The van der Waals surface area contributed by atoms with Crippen LogP contribution in [0.4, 0.5) is 0 Å². The van der Waals surface area contributed by atoms with Crippen LogP contribution >= 0.6 is 15.9 Å². The predicted molar refractivity (Wildman–Crippen MR) is 136 cm³/mol. The first kappa shape index (κ1) is 23.1. The van der Waals surface area contributed by atoms with Crippen molar-refractivity contribution in [1.29, 1.82) is 0 Å². The van der Waals surface area contributed by atoms with Gasteiger partial charge in [-0.15, -0.1) is 0 Å². The second kappa shape index (κ2) is 9.88. The largest absolute Gasteiger partial charge is 0.339 e. The summed E-state index contributed by atoms with van der Waals surface area (Å²) in [7, 11) is 0. The third kappa shape index (κ3) is 4.74. The Bertz CT molecular complexity index is 1180. The molecule has 0 spiro atoms. The second-order valence-corrected chi connectivity index (χ2v) is 10.1. The summed E-state index contributed by atoms with van der Waals surface area (Å²) in [4.78, 5) is 35.8. The van der Waals surface area contributed by atoms with Gasteiger partial charge in [0, 0.05) is 49.2 Å². The molecule has 0 atom stereocenters. The smallest absolute Gasteiger partial charge is 0.225 e. The van der Waals surface area contributed by atoms with E-state index in [2.05, 4.69) is 67.9 Å². The SMILES string of the molecule is CC(=O)N1CCN(C(=O)C2CCN(Cc3nc4ccccc4n3-c3ccc(Br)cc3)CC2)CC1. The second-order valence-electron chi connectivity index (χ2n) is 9.21. The number of nitrogens with zero attached hydrogens (tertiary/aromatic N) is 5. The fourth-order valence-corrected chi connectivity index (χ4v) is 5.36. The lowest BCUT2D eigenvalue weighted by molar-refractivity contribution is -0.142. The van der Waals surface area contributed by atoms with Crippen molar-refractivity contribution in [3.63, 3.8) is 0 Å². The predicted octanol–water partition coefficient (Wildman–Crippen LogP) is 3.69. The number of para-hydroxylation sites is 2. The summed E-state index contributed by atoms with van der Waals surface area (Å²) in [6.07, 6.45) is 1.73. The number of benzene rings is 2. The van der Waals surface area contributed by atoms with Crippen LogP contribution in [0.15, 0.2) is 53.0 Å². The van der Waals surface area contributed by atoms with Gasteiger partial charge in [0.1, 0.15) is 5.82 Å². The zero-order valence-electron chi connectivity index (χ0n) is 19.5. The van der Waals surface area contributed by atoms with Crippen LogP contribution in [0.2, 0.25) is 0 Å². The summed E-state index contributed by atoms with van der Waals surface area (Å²) in [5.41, 5.74) is 3.20. The van der Waals surface area contributed by atoms with Gasteiger partial charge >= 0.3 is 0 Å². The van der Waals surface area contributed by atoms with Crippen LogP contribution in [-0.2, 0) is 16.1 Å². The highest BCUT2D eigenvalue weighted by molar-refractivity contribution is 9.10. The van der Waals surface area contributed by atoms with E-state index in [1.165, 1.54) is 0 Å². The monoisotopic (exact) mass is 523 g/mol. The van der Waals surface area contributed by atoms with E-state index in [0.717, 1.165) is 59.5 Å². The van der Waals surface area contributed by atoms with E-state index in [-0.39, 0.29) is 17.7 Å². The lowest BCUT2D eigenvalue weighted by Gasteiger charge is -2.38. The van der Waals surface area contributed by atoms with E-state index >= 15 is 0 Å². The fourth-order valence-electron chi connectivity index (χ4n) is 5.10. The van der Waals surface area contributed by atoms with Crippen LogP contribution in [0.3, 0.4) is 0 Å². The van der Waals surface area contributed by atoms with Gasteiger partial charge < -0.3 is 9.80 Å². The van der Waals surface area contributed by atoms with Crippen molar-refractivity contribution in [2.24, 2.45) is 5.92 Å². The Kier molecular flexibility index (Phi) is 6.70. The molecule has 3 aromatic rings. The molecule has 2 aliphatic rings. The maximum atomic E-state index is 13.1. The van der Waals surface area contributed by atoms with E-state index < -0.39 is 0 Å². The van der Waals surface area contributed by atoms with Crippen LogP contribution in [0.25, 0.3) is 16.7 Å². The summed E-state index contributed by atoms with van der Waals surface area (Å²) in [6.45, 7) is 6.70. The summed E-state index contributed by atoms with van der Waals surface area (Å²) < 4.78 is 3.30. The highest BCUT2D eigenvalue weighted by Gasteiger charge is 2.31. The van der Waals surface area contributed by atoms with Gasteiger partial charge in [-0.2, -0.15) is 0 Å². The Morgan fingerprint density at radius 3 is 2.24 bits per heavy atom. The molecule has 0 bridgehead atoms. The number of fused-ring (bicyclic) bond motifs is 1. The quantitative estimate of drug-likeness (QED) is 0.523. The molecule has 34 heavy (non-hydrogen) atoms. The van der Waals surface area contributed by atoms with Crippen molar-refractivity contribution in [2.45, 2.75) is 26.3 Å². The Hall–Kier alpha value is -2.71. The molecule has 0 unspecified atom stereocenters. The average molecular weight is 524 g/mol. The Morgan fingerprint density at radius 1 is 0.912 bits per heavy atom. The molecule has 2 amide bonds. The van der Waals surface area contributed by atoms with E-state index in [1.54, 1.807) is 6.92 Å². The molecule has 7 nitrogen and oxygen atoms in total. The standard InChI is InChI=1S/C26H30BrN5O2/c1-19(33)30-14-16-31(17-15-30)26(34)20-10-12-29(13-11-20)18-25-28-23-4-2-3-5-24(23)32(25)22-8-6-21(27)7-9-22/h2-9,20H,10-18H2,1H3. The van der Waals surface area contributed by atoms with E-state index in [9.17, 15) is 9.59 Å². The Morgan fingerprint density at radius 2 is 1.56 bits per heavy atom. The number of halogens is 1. The summed E-state index contributed by atoms with van der Waals surface area (Å²) in [5.74, 6) is 1.44. The van der Waals surface area contributed by atoms with Crippen LogP contribution in [-0.4, -0.2) is 75.3 Å². The number of carbonyl (C=O) groups is 2. The summed E-state index contributed by atoms with van der Waals surface area (Å²) in [6, 6.07) is 16.6. The first-order valence-corrected chi connectivity index (χ1v) is 12.8. The molecule has 0 saturated carbocycles. The number of hydrogen-bond acceptors (Lipinski definition) is 4.